The Labute approximate surface area is 212 Å². The van der Waals surface area contributed by atoms with Gasteiger partial charge in [-0.3, -0.25) is 13.9 Å². The van der Waals surface area contributed by atoms with E-state index in [-0.39, 0.29) is 18.5 Å². The van der Waals surface area contributed by atoms with Crippen molar-refractivity contribution in [2.24, 2.45) is 0 Å². The van der Waals surface area contributed by atoms with Crippen LogP contribution in [0, 0.1) is 0 Å². The molecule has 0 saturated carbocycles. The van der Waals surface area contributed by atoms with Crippen LogP contribution in [0.15, 0.2) is 57.5 Å². The highest BCUT2D eigenvalue weighted by Gasteiger charge is 2.30. The maximum Gasteiger partial charge on any atom is 0.244 e. The zero-order valence-corrected chi connectivity index (χ0v) is 23.1. The highest BCUT2D eigenvalue weighted by atomic mass is 79.9. The van der Waals surface area contributed by atoms with Gasteiger partial charge in [-0.15, -0.1) is 0 Å². The highest BCUT2D eigenvalue weighted by molar-refractivity contribution is 9.10. The normalized spacial score (nSPS) is 13.2. The summed E-state index contributed by atoms with van der Waals surface area (Å²) in [6.45, 7) is 5.24. The summed E-state index contributed by atoms with van der Waals surface area (Å²) in [4.78, 5) is 27.7. The molecule has 0 aliphatic carbocycles. The average molecular weight is 603 g/mol. The van der Waals surface area contributed by atoms with Crippen molar-refractivity contribution in [3.05, 3.63) is 63.0 Å². The summed E-state index contributed by atoms with van der Waals surface area (Å²) in [6, 6.07) is 13.3. The largest absolute Gasteiger partial charge is 0.352 e. The molecule has 0 aromatic heterocycles. The Morgan fingerprint density at radius 2 is 1.67 bits per heavy atom. The molecule has 0 fully saturated rings. The predicted molar refractivity (Wildman–Crippen MR) is 138 cm³/mol. The van der Waals surface area contributed by atoms with E-state index in [0.29, 0.717) is 5.69 Å². The molecule has 2 atom stereocenters. The van der Waals surface area contributed by atoms with Crippen LogP contribution in [-0.4, -0.2) is 50.0 Å². The van der Waals surface area contributed by atoms with Gasteiger partial charge in [-0.05, 0) is 62.2 Å². The molecular formula is C23H29Br2N3O4S. The van der Waals surface area contributed by atoms with Crippen molar-refractivity contribution in [3.8, 4) is 0 Å². The van der Waals surface area contributed by atoms with Crippen LogP contribution in [-0.2, 0) is 26.2 Å². The SMILES string of the molecule is CC[C@@H](C)NC(=O)[C@@H](C)N(Cc1cccc(Br)c1)C(=O)CN(c1ccc(Br)cc1)S(C)(=O)=O. The third kappa shape index (κ3) is 8.12. The Kier molecular flexibility index (Phi) is 9.93. The van der Waals surface area contributed by atoms with Crippen molar-refractivity contribution < 1.29 is 18.0 Å². The van der Waals surface area contributed by atoms with Crippen LogP contribution in [0.4, 0.5) is 5.69 Å². The van der Waals surface area contributed by atoms with E-state index < -0.39 is 28.5 Å². The zero-order valence-electron chi connectivity index (χ0n) is 19.1. The van der Waals surface area contributed by atoms with Gasteiger partial charge in [0.2, 0.25) is 21.8 Å². The summed E-state index contributed by atoms with van der Waals surface area (Å²) in [6.07, 6.45) is 1.81. The molecule has 1 N–H and O–H groups in total. The number of halogens is 2. The molecule has 33 heavy (non-hydrogen) atoms. The number of carbonyl (C=O) groups is 2. The van der Waals surface area contributed by atoms with E-state index in [0.717, 1.165) is 31.5 Å². The van der Waals surface area contributed by atoms with Crippen molar-refractivity contribution in [2.75, 3.05) is 17.1 Å². The number of hydrogen-bond donors (Lipinski definition) is 1. The molecule has 10 heteroatoms. The van der Waals surface area contributed by atoms with Crippen LogP contribution in [0.2, 0.25) is 0 Å². The van der Waals surface area contributed by atoms with Gasteiger partial charge in [-0.25, -0.2) is 8.42 Å². The van der Waals surface area contributed by atoms with Gasteiger partial charge >= 0.3 is 0 Å². The molecular weight excluding hydrogens is 574 g/mol. The van der Waals surface area contributed by atoms with E-state index >= 15 is 0 Å². The van der Waals surface area contributed by atoms with Crippen molar-refractivity contribution >= 4 is 59.4 Å². The number of benzene rings is 2. The first kappa shape index (κ1) is 27.3. The summed E-state index contributed by atoms with van der Waals surface area (Å²) in [7, 11) is -3.75. The molecule has 0 aliphatic rings. The fourth-order valence-corrected chi connectivity index (χ4v) is 4.66. The lowest BCUT2D eigenvalue weighted by Crippen LogP contribution is -2.52. The topological polar surface area (TPSA) is 86.8 Å². The number of sulfonamides is 1. The van der Waals surface area contributed by atoms with E-state index in [1.54, 1.807) is 31.2 Å². The number of nitrogens with one attached hydrogen (secondary N) is 1. The Balaban J connectivity index is 2.37. The van der Waals surface area contributed by atoms with Gasteiger partial charge in [0.1, 0.15) is 12.6 Å². The van der Waals surface area contributed by atoms with Crippen molar-refractivity contribution in [1.29, 1.82) is 0 Å². The molecule has 2 aromatic rings. The number of nitrogens with zero attached hydrogens (tertiary/aromatic N) is 2. The van der Waals surface area contributed by atoms with Gasteiger partial charge in [0.15, 0.2) is 0 Å². The van der Waals surface area contributed by atoms with Gasteiger partial charge in [-0.2, -0.15) is 0 Å². The number of rotatable bonds is 10. The molecule has 0 spiro atoms. The van der Waals surface area contributed by atoms with Crippen molar-refractivity contribution in [1.82, 2.24) is 10.2 Å². The number of amides is 2. The Morgan fingerprint density at radius 1 is 1.03 bits per heavy atom. The summed E-state index contributed by atoms with van der Waals surface area (Å²) in [5.41, 5.74) is 1.18. The molecule has 0 unspecified atom stereocenters. The van der Waals surface area contributed by atoms with Gasteiger partial charge in [0, 0.05) is 21.5 Å². The average Bonchev–Trinajstić information content (AvgIpc) is 2.75. The first-order valence-electron chi connectivity index (χ1n) is 10.5. The van der Waals surface area contributed by atoms with E-state index in [4.69, 9.17) is 0 Å². The summed E-state index contributed by atoms with van der Waals surface area (Å²) in [5.74, 6) is -0.766. The standard InChI is InChI=1S/C23H29Br2N3O4S/c1-5-16(2)26-23(30)17(3)27(14-18-7-6-8-20(25)13-18)22(29)15-28(33(4,31)32)21-11-9-19(24)10-12-21/h6-13,16-17H,5,14-15H2,1-4H3,(H,26,30)/t16-,17-/m1/s1. The molecule has 180 valence electrons. The molecule has 0 aliphatic heterocycles. The minimum atomic E-state index is -3.75. The van der Waals surface area contributed by atoms with Crippen LogP contribution in [0.1, 0.15) is 32.8 Å². The maximum atomic E-state index is 13.4. The Bertz CT molecular complexity index is 1080. The number of anilines is 1. The monoisotopic (exact) mass is 601 g/mol. The van der Waals surface area contributed by atoms with Crippen LogP contribution in [0.5, 0.6) is 0 Å². The maximum absolute atomic E-state index is 13.4. The van der Waals surface area contributed by atoms with Crippen LogP contribution < -0.4 is 9.62 Å². The highest BCUT2D eigenvalue weighted by Crippen LogP contribution is 2.22. The lowest BCUT2D eigenvalue weighted by molar-refractivity contribution is -0.139. The number of hydrogen-bond acceptors (Lipinski definition) is 4. The van der Waals surface area contributed by atoms with Crippen molar-refractivity contribution in [2.45, 2.75) is 45.8 Å². The molecule has 0 bridgehead atoms. The second-order valence-corrected chi connectivity index (χ2v) is 11.6. The second kappa shape index (κ2) is 12.0. The number of carbonyl (C=O) groups excluding carboxylic acids is 2. The van der Waals surface area contributed by atoms with Crippen LogP contribution in [0.3, 0.4) is 0 Å². The Hall–Kier alpha value is -1.91. The van der Waals surface area contributed by atoms with Gasteiger partial charge in [-0.1, -0.05) is 50.9 Å². The first-order valence-corrected chi connectivity index (χ1v) is 13.9. The van der Waals surface area contributed by atoms with Gasteiger partial charge in [0.05, 0.1) is 11.9 Å². The quantitative estimate of drug-likeness (QED) is 0.439. The first-order chi connectivity index (χ1) is 15.4. The molecule has 7 nitrogen and oxygen atoms in total. The van der Waals surface area contributed by atoms with E-state index in [1.165, 1.54) is 4.90 Å². The molecule has 2 rings (SSSR count). The molecule has 0 heterocycles. The lowest BCUT2D eigenvalue weighted by atomic mass is 10.1. The fraction of sp³-hybridized carbons (Fsp3) is 0.391. The van der Waals surface area contributed by atoms with E-state index in [1.807, 2.05) is 38.1 Å². The third-order valence-corrected chi connectivity index (χ3v) is 7.37. The second-order valence-electron chi connectivity index (χ2n) is 7.89. The summed E-state index contributed by atoms with van der Waals surface area (Å²) in [5, 5.41) is 2.90. The Morgan fingerprint density at radius 3 is 2.21 bits per heavy atom. The van der Waals surface area contributed by atoms with Gasteiger partial charge in [0.25, 0.3) is 0 Å². The molecule has 0 saturated heterocycles. The van der Waals surface area contributed by atoms with Gasteiger partial charge < -0.3 is 10.2 Å². The van der Waals surface area contributed by atoms with Crippen molar-refractivity contribution in [3.63, 3.8) is 0 Å². The zero-order chi connectivity index (χ0) is 24.8. The summed E-state index contributed by atoms with van der Waals surface area (Å²) < 4.78 is 27.7. The third-order valence-electron chi connectivity index (χ3n) is 5.20. The molecule has 2 aromatic carbocycles. The van der Waals surface area contributed by atoms with E-state index in [9.17, 15) is 18.0 Å². The smallest absolute Gasteiger partial charge is 0.244 e. The minimum absolute atomic E-state index is 0.0435. The summed E-state index contributed by atoms with van der Waals surface area (Å²) >= 11 is 6.76. The van der Waals surface area contributed by atoms with Crippen LogP contribution in [0.25, 0.3) is 0 Å². The lowest BCUT2D eigenvalue weighted by Gasteiger charge is -2.32. The predicted octanol–water partition coefficient (Wildman–Crippen LogP) is 4.31. The van der Waals surface area contributed by atoms with E-state index in [2.05, 4.69) is 37.2 Å². The van der Waals surface area contributed by atoms with Crippen LogP contribution >= 0.6 is 31.9 Å². The fourth-order valence-electron chi connectivity index (χ4n) is 3.10. The molecule has 0 radical (unpaired) electrons. The minimum Gasteiger partial charge on any atom is -0.352 e. The molecule has 2 amide bonds.